The molecule has 0 unspecified atom stereocenters. The Bertz CT molecular complexity index is 616. The van der Waals surface area contributed by atoms with Gasteiger partial charge in [-0.05, 0) is 42.3 Å². The van der Waals surface area contributed by atoms with Crippen molar-refractivity contribution in [1.29, 1.82) is 0 Å². The van der Waals surface area contributed by atoms with Crippen LogP contribution in [0, 0.1) is 18.6 Å². The number of aryl methyl sites for hydroxylation is 1. The highest BCUT2D eigenvalue weighted by atomic mass is 19.1. The van der Waals surface area contributed by atoms with Gasteiger partial charge in [0.05, 0.1) is 13.2 Å². The minimum absolute atomic E-state index is 0.0647. The molecule has 2 N–H and O–H groups in total. The second-order valence-corrected chi connectivity index (χ2v) is 4.73. The SMILES string of the molecule is Cc1ccc(F)cc1COc1c(CO)cc(F)cc1CO. The van der Waals surface area contributed by atoms with Crippen LogP contribution in [0.3, 0.4) is 0 Å². The summed E-state index contributed by atoms with van der Waals surface area (Å²) in [4.78, 5) is 0. The molecule has 2 aromatic rings. The summed E-state index contributed by atoms with van der Waals surface area (Å²) >= 11 is 0. The normalized spacial score (nSPS) is 10.7. The summed E-state index contributed by atoms with van der Waals surface area (Å²) in [5.41, 5.74) is 1.99. The van der Waals surface area contributed by atoms with Crippen molar-refractivity contribution in [2.45, 2.75) is 26.7 Å². The highest BCUT2D eigenvalue weighted by molar-refractivity contribution is 5.42. The summed E-state index contributed by atoms with van der Waals surface area (Å²) in [7, 11) is 0. The third-order valence-electron chi connectivity index (χ3n) is 3.23. The molecule has 112 valence electrons. The van der Waals surface area contributed by atoms with E-state index in [1.54, 1.807) is 6.07 Å². The Kier molecular flexibility index (Phi) is 4.88. The molecule has 0 atom stereocenters. The van der Waals surface area contributed by atoms with Crippen LogP contribution < -0.4 is 4.74 Å². The minimum atomic E-state index is -0.558. The fourth-order valence-electron chi connectivity index (χ4n) is 2.08. The van der Waals surface area contributed by atoms with E-state index in [1.165, 1.54) is 12.1 Å². The van der Waals surface area contributed by atoms with E-state index in [-0.39, 0.29) is 29.3 Å². The van der Waals surface area contributed by atoms with Gasteiger partial charge in [-0.3, -0.25) is 0 Å². The van der Waals surface area contributed by atoms with Gasteiger partial charge in [0.25, 0.3) is 0 Å². The lowest BCUT2D eigenvalue weighted by Crippen LogP contribution is -2.05. The molecule has 0 saturated carbocycles. The van der Waals surface area contributed by atoms with Crippen molar-refractivity contribution in [1.82, 2.24) is 0 Å². The molecule has 0 aromatic heterocycles. The van der Waals surface area contributed by atoms with Gasteiger partial charge in [-0.1, -0.05) is 6.07 Å². The van der Waals surface area contributed by atoms with Crippen molar-refractivity contribution in [2.24, 2.45) is 0 Å². The van der Waals surface area contributed by atoms with E-state index in [2.05, 4.69) is 0 Å². The first kappa shape index (κ1) is 15.4. The summed E-state index contributed by atoms with van der Waals surface area (Å²) in [6.45, 7) is 1.06. The smallest absolute Gasteiger partial charge is 0.131 e. The number of rotatable bonds is 5. The van der Waals surface area contributed by atoms with Crippen molar-refractivity contribution in [3.8, 4) is 5.75 Å². The molecule has 3 nitrogen and oxygen atoms in total. The number of aliphatic hydroxyl groups is 2. The van der Waals surface area contributed by atoms with Gasteiger partial charge in [0.15, 0.2) is 0 Å². The number of aliphatic hydroxyl groups excluding tert-OH is 2. The summed E-state index contributed by atoms with van der Waals surface area (Å²) in [6, 6.07) is 6.64. The molecule has 0 fully saturated rings. The van der Waals surface area contributed by atoms with Crippen LogP contribution in [0.2, 0.25) is 0 Å². The number of halogens is 2. The summed E-state index contributed by atoms with van der Waals surface area (Å²) in [5.74, 6) is -0.703. The van der Waals surface area contributed by atoms with Crippen molar-refractivity contribution in [3.05, 3.63) is 64.2 Å². The lowest BCUT2D eigenvalue weighted by atomic mass is 10.1. The second-order valence-electron chi connectivity index (χ2n) is 4.73. The van der Waals surface area contributed by atoms with Crippen LogP contribution >= 0.6 is 0 Å². The van der Waals surface area contributed by atoms with Gasteiger partial charge < -0.3 is 14.9 Å². The van der Waals surface area contributed by atoms with Crippen LogP contribution in [-0.2, 0) is 19.8 Å². The predicted octanol–water partition coefficient (Wildman–Crippen LogP) is 2.84. The number of hydrogen-bond donors (Lipinski definition) is 2. The van der Waals surface area contributed by atoms with E-state index in [0.717, 1.165) is 17.7 Å². The number of ether oxygens (including phenoxy) is 1. The molecular formula is C16H16F2O3. The molecule has 0 aliphatic rings. The molecule has 21 heavy (non-hydrogen) atoms. The van der Waals surface area contributed by atoms with Crippen LogP contribution in [0.4, 0.5) is 8.78 Å². The predicted molar refractivity (Wildman–Crippen MR) is 73.7 cm³/mol. The van der Waals surface area contributed by atoms with E-state index >= 15 is 0 Å². The molecule has 0 aliphatic carbocycles. The summed E-state index contributed by atoms with van der Waals surface area (Å²) in [6.07, 6.45) is 0. The Morgan fingerprint density at radius 2 is 1.48 bits per heavy atom. The number of hydrogen-bond acceptors (Lipinski definition) is 3. The maximum absolute atomic E-state index is 13.3. The average molecular weight is 294 g/mol. The van der Waals surface area contributed by atoms with Crippen molar-refractivity contribution >= 4 is 0 Å². The first-order chi connectivity index (χ1) is 10.0. The Morgan fingerprint density at radius 3 is 2.05 bits per heavy atom. The zero-order valence-corrected chi connectivity index (χ0v) is 11.6. The third kappa shape index (κ3) is 3.56. The summed E-state index contributed by atoms with van der Waals surface area (Å²) in [5, 5.41) is 18.5. The first-order valence-electron chi connectivity index (χ1n) is 6.46. The maximum Gasteiger partial charge on any atom is 0.131 e. The van der Waals surface area contributed by atoms with Gasteiger partial charge in [-0.2, -0.15) is 0 Å². The second kappa shape index (κ2) is 6.65. The molecule has 2 rings (SSSR count). The molecule has 0 spiro atoms. The highest BCUT2D eigenvalue weighted by Gasteiger charge is 2.12. The van der Waals surface area contributed by atoms with Crippen LogP contribution in [0.25, 0.3) is 0 Å². The molecule has 2 aromatic carbocycles. The Morgan fingerprint density at radius 1 is 0.905 bits per heavy atom. The first-order valence-corrected chi connectivity index (χ1v) is 6.46. The molecule has 0 aliphatic heterocycles. The van der Waals surface area contributed by atoms with Gasteiger partial charge in [0.2, 0.25) is 0 Å². The van der Waals surface area contributed by atoms with Crippen LogP contribution in [0.1, 0.15) is 22.3 Å². The topological polar surface area (TPSA) is 49.7 Å². The molecular weight excluding hydrogens is 278 g/mol. The highest BCUT2D eigenvalue weighted by Crippen LogP contribution is 2.27. The Balaban J connectivity index is 2.29. The molecule has 0 amide bonds. The zero-order valence-electron chi connectivity index (χ0n) is 11.6. The zero-order chi connectivity index (χ0) is 15.4. The van der Waals surface area contributed by atoms with Crippen molar-refractivity contribution in [2.75, 3.05) is 0 Å². The lowest BCUT2D eigenvalue weighted by molar-refractivity contribution is 0.241. The van der Waals surface area contributed by atoms with Gasteiger partial charge >= 0.3 is 0 Å². The minimum Gasteiger partial charge on any atom is -0.488 e. The van der Waals surface area contributed by atoms with Crippen LogP contribution in [-0.4, -0.2) is 10.2 Å². The third-order valence-corrected chi connectivity index (χ3v) is 3.23. The fraction of sp³-hybridized carbons (Fsp3) is 0.250. The van der Waals surface area contributed by atoms with Crippen LogP contribution in [0.15, 0.2) is 30.3 Å². The van der Waals surface area contributed by atoms with Crippen molar-refractivity contribution in [3.63, 3.8) is 0 Å². The van der Waals surface area contributed by atoms with E-state index < -0.39 is 19.0 Å². The lowest BCUT2D eigenvalue weighted by Gasteiger charge is -2.15. The average Bonchev–Trinajstić information content (AvgIpc) is 2.48. The van der Waals surface area contributed by atoms with E-state index in [9.17, 15) is 19.0 Å². The van der Waals surface area contributed by atoms with E-state index in [0.29, 0.717) is 5.56 Å². The van der Waals surface area contributed by atoms with E-state index in [4.69, 9.17) is 4.74 Å². The Labute approximate surface area is 121 Å². The number of benzene rings is 2. The molecule has 0 radical (unpaired) electrons. The molecule has 0 saturated heterocycles. The van der Waals surface area contributed by atoms with Crippen LogP contribution in [0.5, 0.6) is 5.75 Å². The van der Waals surface area contributed by atoms with E-state index in [1.807, 2.05) is 6.92 Å². The van der Waals surface area contributed by atoms with Gasteiger partial charge in [0, 0.05) is 11.1 Å². The molecule has 5 heteroatoms. The monoisotopic (exact) mass is 294 g/mol. The van der Waals surface area contributed by atoms with Gasteiger partial charge in [-0.25, -0.2) is 8.78 Å². The summed E-state index contributed by atoms with van der Waals surface area (Å²) < 4.78 is 32.1. The Hall–Kier alpha value is -1.98. The van der Waals surface area contributed by atoms with Gasteiger partial charge in [0.1, 0.15) is 24.0 Å². The quantitative estimate of drug-likeness (QED) is 0.891. The van der Waals surface area contributed by atoms with Gasteiger partial charge in [-0.15, -0.1) is 0 Å². The van der Waals surface area contributed by atoms with Crippen molar-refractivity contribution < 1.29 is 23.7 Å². The fourth-order valence-corrected chi connectivity index (χ4v) is 2.08. The maximum atomic E-state index is 13.3. The largest absolute Gasteiger partial charge is 0.488 e. The standard InChI is InChI=1S/C16H16F2O3/c1-10-2-3-14(17)6-13(10)9-21-16-11(7-19)4-15(18)5-12(16)8-20/h2-6,19-20H,7-9H2,1H3. The molecule has 0 bridgehead atoms. The molecule has 0 heterocycles.